The summed E-state index contributed by atoms with van der Waals surface area (Å²) in [4.78, 5) is 12.0. The molecular weight excluding hydrogens is 176 g/mol. The standard InChI is InChI=1S/C12H24O2/c1-10(2,3)9(13)12(7,8)14-11(4,5)6/h1-8H3. The van der Waals surface area contributed by atoms with Gasteiger partial charge < -0.3 is 4.74 Å². The molecule has 2 heteroatoms. The molecule has 0 N–H and O–H groups in total. The summed E-state index contributed by atoms with van der Waals surface area (Å²) in [6, 6.07) is 0. The molecule has 0 aromatic heterocycles. The molecule has 84 valence electrons. The van der Waals surface area contributed by atoms with E-state index in [1.807, 2.05) is 55.4 Å². The summed E-state index contributed by atoms with van der Waals surface area (Å²) in [6.45, 7) is 15.3. The van der Waals surface area contributed by atoms with E-state index < -0.39 is 5.60 Å². The first-order chi connectivity index (χ1) is 5.86. The van der Waals surface area contributed by atoms with Gasteiger partial charge in [0.25, 0.3) is 0 Å². The van der Waals surface area contributed by atoms with Crippen LogP contribution in [0.25, 0.3) is 0 Å². The minimum Gasteiger partial charge on any atom is -0.362 e. The molecule has 0 aromatic rings. The molecule has 14 heavy (non-hydrogen) atoms. The van der Waals surface area contributed by atoms with E-state index in [4.69, 9.17) is 4.74 Å². The van der Waals surface area contributed by atoms with Gasteiger partial charge in [-0.25, -0.2) is 0 Å². The first-order valence-electron chi connectivity index (χ1n) is 5.11. The third-order valence-corrected chi connectivity index (χ3v) is 1.79. The first-order valence-corrected chi connectivity index (χ1v) is 5.11. The van der Waals surface area contributed by atoms with Crippen molar-refractivity contribution in [3.63, 3.8) is 0 Å². The number of Topliss-reactive ketones (excluding diaryl/α,β-unsaturated/α-hetero) is 1. The molecule has 0 unspecified atom stereocenters. The number of ether oxygens (including phenoxy) is 1. The zero-order chi connectivity index (χ0) is 11.8. The number of carbonyl (C=O) groups excluding carboxylic acids is 1. The van der Waals surface area contributed by atoms with Crippen LogP contribution in [0.2, 0.25) is 0 Å². The second kappa shape index (κ2) is 3.65. The van der Waals surface area contributed by atoms with E-state index in [1.165, 1.54) is 0 Å². The maximum atomic E-state index is 12.0. The van der Waals surface area contributed by atoms with Crippen LogP contribution in [0.3, 0.4) is 0 Å². The van der Waals surface area contributed by atoms with Crippen LogP contribution in [0.15, 0.2) is 0 Å². The number of carbonyl (C=O) groups is 1. The molecule has 0 saturated heterocycles. The van der Waals surface area contributed by atoms with Gasteiger partial charge in [-0.15, -0.1) is 0 Å². The van der Waals surface area contributed by atoms with Crippen molar-refractivity contribution in [2.75, 3.05) is 0 Å². The van der Waals surface area contributed by atoms with Gasteiger partial charge in [-0.05, 0) is 34.6 Å². The van der Waals surface area contributed by atoms with Crippen molar-refractivity contribution in [3.8, 4) is 0 Å². The Morgan fingerprint density at radius 2 is 1.21 bits per heavy atom. The van der Waals surface area contributed by atoms with Gasteiger partial charge >= 0.3 is 0 Å². The molecule has 0 amide bonds. The van der Waals surface area contributed by atoms with Crippen LogP contribution in [-0.4, -0.2) is 17.0 Å². The molecule has 2 nitrogen and oxygen atoms in total. The number of ketones is 1. The minimum atomic E-state index is -0.712. The average Bonchev–Trinajstić information content (AvgIpc) is 1.78. The molecule has 0 spiro atoms. The van der Waals surface area contributed by atoms with Crippen molar-refractivity contribution >= 4 is 5.78 Å². The van der Waals surface area contributed by atoms with Gasteiger partial charge in [0.15, 0.2) is 5.78 Å². The Hall–Kier alpha value is -0.370. The predicted octanol–water partition coefficient (Wildman–Crippen LogP) is 3.20. The zero-order valence-electron chi connectivity index (χ0n) is 10.8. The Balaban J connectivity index is 4.72. The lowest BCUT2D eigenvalue weighted by Crippen LogP contribution is -2.46. The van der Waals surface area contributed by atoms with Crippen molar-refractivity contribution in [1.82, 2.24) is 0 Å². The van der Waals surface area contributed by atoms with Gasteiger partial charge in [-0.3, -0.25) is 4.79 Å². The maximum absolute atomic E-state index is 12.0. The predicted molar refractivity (Wildman–Crippen MR) is 59.4 cm³/mol. The summed E-state index contributed by atoms with van der Waals surface area (Å²) in [5, 5.41) is 0. The second-order valence-electron chi connectivity index (χ2n) is 6.30. The summed E-state index contributed by atoms with van der Waals surface area (Å²) in [5.41, 5.74) is -1.35. The van der Waals surface area contributed by atoms with Crippen LogP contribution < -0.4 is 0 Å². The molecule has 0 radical (unpaired) electrons. The fraction of sp³-hybridized carbons (Fsp3) is 0.917. The maximum Gasteiger partial charge on any atom is 0.169 e. The van der Waals surface area contributed by atoms with Gasteiger partial charge in [-0.1, -0.05) is 20.8 Å². The zero-order valence-corrected chi connectivity index (χ0v) is 10.8. The highest BCUT2D eigenvalue weighted by Gasteiger charge is 2.39. The molecule has 0 fully saturated rings. The fourth-order valence-electron chi connectivity index (χ4n) is 1.71. The molecule has 0 aliphatic heterocycles. The van der Waals surface area contributed by atoms with E-state index in [9.17, 15) is 4.79 Å². The lowest BCUT2D eigenvalue weighted by atomic mass is 9.81. The van der Waals surface area contributed by atoms with E-state index in [2.05, 4.69) is 0 Å². The van der Waals surface area contributed by atoms with Crippen LogP contribution in [0.5, 0.6) is 0 Å². The largest absolute Gasteiger partial charge is 0.362 e. The number of hydrogen-bond acceptors (Lipinski definition) is 2. The molecule has 0 aliphatic rings. The van der Waals surface area contributed by atoms with E-state index in [-0.39, 0.29) is 16.8 Å². The third-order valence-electron chi connectivity index (χ3n) is 1.79. The van der Waals surface area contributed by atoms with Crippen molar-refractivity contribution < 1.29 is 9.53 Å². The van der Waals surface area contributed by atoms with Gasteiger partial charge in [0.1, 0.15) is 5.60 Å². The van der Waals surface area contributed by atoms with Gasteiger partial charge in [0, 0.05) is 5.41 Å². The van der Waals surface area contributed by atoms with Crippen LogP contribution in [0.1, 0.15) is 55.4 Å². The molecule has 0 aliphatic carbocycles. The first kappa shape index (κ1) is 13.6. The number of hydrogen-bond donors (Lipinski definition) is 0. The second-order valence-corrected chi connectivity index (χ2v) is 6.30. The van der Waals surface area contributed by atoms with Gasteiger partial charge in [0.05, 0.1) is 5.60 Å². The summed E-state index contributed by atoms with van der Waals surface area (Å²) in [5.74, 6) is 0.139. The van der Waals surface area contributed by atoms with Crippen molar-refractivity contribution in [1.29, 1.82) is 0 Å². The van der Waals surface area contributed by atoms with Crippen molar-refractivity contribution in [2.45, 2.75) is 66.6 Å². The van der Waals surface area contributed by atoms with Crippen LogP contribution in [-0.2, 0) is 9.53 Å². The molecule has 0 heterocycles. The Labute approximate surface area is 88.0 Å². The van der Waals surface area contributed by atoms with Crippen molar-refractivity contribution in [3.05, 3.63) is 0 Å². The molecule has 0 rings (SSSR count). The lowest BCUT2D eigenvalue weighted by molar-refractivity contribution is -0.165. The van der Waals surface area contributed by atoms with E-state index in [0.717, 1.165) is 0 Å². The summed E-state index contributed by atoms with van der Waals surface area (Å²) in [6.07, 6.45) is 0. The summed E-state index contributed by atoms with van der Waals surface area (Å²) in [7, 11) is 0. The van der Waals surface area contributed by atoms with E-state index in [1.54, 1.807) is 0 Å². The SMILES string of the molecule is CC(C)(C)OC(C)(C)C(=O)C(C)(C)C. The molecule has 0 saturated carbocycles. The number of rotatable bonds is 2. The smallest absolute Gasteiger partial charge is 0.169 e. The third kappa shape index (κ3) is 4.23. The van der Waals surface area contributed by atoms with Crippen LogP contribution >= 0.6 is 0 Å². The molecular formula is C12H24O2. The van der Waals surface area contributed by atoms with E-state index in [0.29, 0.717) is 0 Å². The average molecular weight is 200 g/mol. The van der Waals surface area contributed by atoms with Crippen molar-refractivity contribution in [2.24, 2.45) is 5.41 Å². The normalized spacial score (nSPS) is 14.3. The highest BCUT2D eigenvalue weighted by Crippen LogP contribution is 2.28. The van der Waals surface area contributed by atoms with Crippen LogP contribution in [0, 0.1) is 5.41 Å². The summed E-state index contributed by atoms with van der Waals surface area (Å²) >= 11 is 0. The highest BCUT2D eigenvalue weighted by atomic mass is 16.5. The van der Waals surface area contributed by atoms with Gasteiger partial charge in [0.2, 0.25) is 0 Å². The van der Waals surface area contributed by atoms with Gasteiger partial charge in [-0.2, -0.15) is 0 Å². The lowest BCUT2D eigenvalue weighted by Gasteiger charge is -2.36. The Kier molecular flexibility index (Phi) is 3.55. The van der Waals surface area contributed by atoms with Crippen LogP contribution in [0.4, 0.5) is 0 Å². The monoisotopic (exact) mass is 200 g/mol. The molecule has 0 aromatic carbocycles. The summed E-state index contributed by atoms with van der Waals surface area (Å²) < 4.78 is 5.76. The Bertz CT molecular complexity index is 213. The molecule has 0 bridgehead atoms. The Morgan fingerprint density at radius 3 is 1.43 bits per heavy atom. The molecule has 0 atom stereocenters. The highest BCUT2D eigenvalue weighted by molar-refractivity contribution is 5.91. The van der Waals surface area contributed by atoms with E-state index >= 15 is 0 Å². The fourth-order valence-corrected chi connectivity index (χ4v) is 1.71. The minimum absolute atomic E-state index is 0.139. The topological polar surface area (TPSA) is 26.3 Å². The quantitative estimate of drug-likeness (QED) is 0.684. The Morgan fingerprint density at radius 1 is 0.857 bits per heavy atom.